The lowest BCUT2D eigenvalue weighted by Gasteiger charge is -2.11. The Labute approximate surface area is 166 Å². The summed E-state index contributed by atoms with van der Waals surface area (Å²) in [5.41, 5.74) is 2.22. The molecule has 29 heavy (non-hydrogen) atoms. The van der Waals surface area contributed by atoms with E-state index in [4.69, 9.17) is 4.74 Å². The SMILES string of the molecule is COc1ccccc1-n1cnc2cc(C(=O)NCc3ccncc3)ccc2c1=O. The van der Waals surface area contributed by atoms with Crippen LogP contribution in [0.3, 0.4) is 0 Å². The number of hydrogen-bond donors (Lipinski definition) is 1. The van der Waals surface area contributed by atoms with E-state index < -0.39 is 0 Å². The van der Waals surface area contributed by atoms with Crippen molar-refractivity contribution in [2.45, 2.75) is 6.54 Å². The summed E-state index contributed by atoms with van der Waals surface area (Å²) in [7, 11) is 1.55. The number of para-hydroxylation sites is 2. The lowest BCUT2D eigenvalue weighted by Crippen LogP contribution is -2.23. The highest BCUT2D eigenvalue weighted by atomic mass is 16.5. The lowest BCUT2D eigenvalue weighted by molar-refractivity contribution is 0.0951. The molecule has 7 heteroatoms. The number of amides is 1. The van der Waals surface area contributed by atoms with Crippen molar-refractivity contribution >= 4 is 16.8 Å². The Morgan fingerprint density at radius 3 is 2.69 bits per heavy atom. The maximum Gasteiger partial charge on any atom is 0.265 e. The zero-order valence-electron chi connectivity index (χ0n) is 15.7. The summed E-state index contributed by atoms with van der Waals surface area (Å²) in [5.74, 6) is 0.335. The number of nitrogens with zero attached hydrogens (tertiary/aromatic N) is 3. The third-order valence-corrected chi connectivity index (χ3v) is 4.57. The molecule has 0 spiro atoms. The molecule has 0 unspecified atom stereocenters. The second-order valence-electron chi connectivity index (χ2n) is 6.36. The molecule has 0 bridgehead atoms. The molecule has 0 radical (unpaired) electrons. The van der Waals surface area contributed by atoms with Gasteiger partial charge in [0.1, 0.15) is 12.1 Å². The Morgan fingerprint density at radius 2 is 1.90 bits per heavy atom. The number of carbonyl (C=O) groups excluding carboxylic acids is 1. The van der Waals surface area contributed by atoms with Crippen LogP contribution in [0.5, 0.6) is 5.75 Å². The Kier molecular flexibility index (Phi) is 5.03. The molecule has 0 fully saturated rings. The molecule has 7 nitrogen and oxygen atoms in total. The van der Waals surface area contributed by atoms with E-state index in [1.165, 1.54) is 10.9 Å². The first-order valence-corrected chi connectivity index (χ1v) is 8.99. The number of hydrogen-bond acceptors (Lipinski definition) is 5. The Bertz CT molecular complexity index is 1240. The second-order valence-corrected chi connectivity index (χ2v) is 6.36. The summed E-state index contributed by atoms with van der Waals surface area (Å²) < 4.78 is 6.77. The van der Waals surface area contributed by atoms with E-state index >= 15 is 0 Å². The Morgan fingerprint density at radius 1 is 1.10 bits per heavy atom. The van der Waals surface area contributed by atoms with Crippen LogP contribution in [0.1, 0.15) is 15.9 Å². The molecule has 0 aliphatic carbocycles. The van der Waals surface area contributed by atoms with Crippen LogP contribution in [0.25, 0.3) is 16.6 Å². The fraction of sp³-hybridized carbons (Fsp3) is 0.0909. The van der Waals surface area contributed by atoms with Crippen LogP contribution in [0.2, 0.25) is 0 Å². The van der Waals surface area contributed by atoms with Crippen molar-refractivity contribution in [3.8, 4) is 11.4 Å². The van der Waals surface area contributed by atoms with Gasteiger partial charge in [-0.15, -0.1) is 0 Å². The van der Waals surface area contributed by atoms with Gasteiger partial charge in [-0.1, -0.05) is 12.1 Å². The van der Waals surface area contributed by atoms with Crippen LogP contribution in [0.15, 0.2) is 78.1 Å². The zero-order chi connectivity index (χ0) is 20.2. The van der Waals surface area contributed by atoms with Crippen molar-refractivity contribution in [2.24, 2.45) is 0 Å². The highest BCUT2D eigenvalue weighted by Gasteiger charge is 2.12. The molecule has 4 aromatic rings. The number of nitrogens with one attached hydrogen (secondary N) is 1. The summed E-state index contributed by atoms with van der Waals surface area (Å²) >= 11 is 0. The van der Waals surface area contributed by atoms with Gasteiger partial charge < -0.3 is 10.1 Å². The molecule has 2 aromatic carbocycles. The van der Waals surface area contributed by atoms with Crippen LogP contribution in [0.4, 0.5) is 0 Å². The number of pyridine rings is 1. The van der Waals surface area contributed by atoms with Crippen molar-refractivity contribution in [1.29, 1.82) is 0 Å². The van der Waals surface area contributed by atoms with Crippen LogP contribution in [0, 0.1) is 0 Å². The minimum absolute atomic E-state index is 0.233. The van der Waals surface area contributed by atoms with Gasteiger partial charge in [0.2, 0.25) is 0 Å². The normalized spacial score (nSPS) is 10.7. The molecule has 144 valence electrons. The molecular formula is C22H18N4O3. The van der Waals surface area contributed by atoms with Gasteiger partial charge in [-0.05, 0) is 48.0 Å². The quantitative estimate of drug-likeness (QED) is 0.570. The number of rotatable bonds is 5. The maximum absolute atomic E-state index is 12.9. The summed E-state index contributed by atoms with van der Waals surface area (Å²) in [6.45, 7) is 0.391. The van der Waals surface area contributed by atoms with Crippen molar-refractivity contribution in [1.82, 2.24) is 19.9 Å². The number of aromatic nitrogens is 3. The molecular weight excluding hydrogens is 368 g/mol. The van der Waals surface area contributed by atoms with E-state index in [1.807, 2.05) is 24.3 Å². The summed E-state index contributed by atoms with van der Waals surface area (Å²) in [5, 5.41) is 3.27. The minimum Gasteiger partial charge on any atom is -0.495 e. The minimum atomic E-state index is -0.237. The number of benzene rings is 2. The highest BCUT2D eigenvalue weighted by Crippen LogP contribution is 2.21. The van der Waals surface area contributed by atoms with Gasteiger partial charge in [-0.3, -0.25) is 19.1 Å². The van der Waals surface area contributed by atoms with Crippen molar-refractivity contribution in [3.05, 3.63) is 94.8 Å². The van der Waals surface area contributed by atoms with Crippen molar-refractivity contribution in [3.63, 3.8) is 0 Å². The number of fused-ring (bicyclic) bond motifs is 1. The van der Waals surface area contributed by atoms with E-state index in [-0.39, 0.29) is 11.5 Å². The van der Waals surface area contributed by atoms with Gasteiger partial charge in [-0.2, -0.15) is 0 Å². The molecule has 0 saturated carbocycles. The van der Waals surface area contributed by atoms with Crippen LogP contribution in [-0.4, -0.2) is 27.6 Å². The molecule has 0 aliphatic heterocycles. The number of ether oxygens (including phenoxy) is 1. The monoisotopic (exact) mass is 386 g/mol. The van der Waals surface area contributed by atoms with Gasteiger partial charge in [0, 0.05) is 24.5 Å². The summed E-state index contributed by atoms with van der Waals surface area (Å²) in [6.07, 6.45) is 4.80. The predicted octanol–water partition coefficient (Wildman–Crippen LogP) is 2.72. The molecule has 2 aromatic heterocycles. The first kappa shape index (κ1) is 18.4. The smallest absolute Gasteiger partial charge is 0.265 e. The summed E-state index contributed by atoms with van der Waals surface area (Å²) in [4.78, 5) is 33.7. The van der Waals surface area contributed by atoms with Gasteiger partial charge in [-0.25, -0.2) is 4.98 Å². The summed E-state index contributed by atoms with van der Waals surface area (Å²) in [6, 6.07) is 15.8. The lowest BCUT2D eigenvalue weighted by atomic mass is 10.1. The highest BCUT2D eigenvalue weighted by molar-refractivity contribution is 5.97. The molecule has 2 heterocycles. The van der Waals surface area contributed by atoms with E-state index in [0.29, 0.717) is 34.4 Å². The molecule has 0 aliphatic rings. The molecule has 1 amide bonds. The fourth-order valence-electron chi connectivity index (χ4n) is 3.05. The van der Waals surface area contributed by atoms with E-state index in [0.717, 1.165) is 5.56 Å². The first-order valence-electron chi connectivity index (χ1n) is 8.99. The fourth-order valence-corrected chi connectivity index (χ4v) is 3.05. The molecule has 0 atom stereocenters. The van der Waals surface area contributed by atoms with Gasteiger partial charge in [0.15, 0.2) is 0 Å². The Balaban J connectivity index is 1.64. The zero-order valence-corrected chi connectivity index (χ0v) is 15.7. The first-order chi connectivity index (χ1) is 14.2. The largest absolute Gasteiger partial charge is 0.495 e. The Hall–Kier alpha value is -4.00. The topological polar surface area (TPSA) is 86.1 Å². The molecule has 1 N–H and O–H groups in total. The van der Waals surface area contributed by atoms with Gasteiger partial charge in [0.25, 0.3) is 11.5 Å². The average Bonchev–Trinajstić information content (AvgIpc) is 2.78. The second kappa shape index (κ2) is 7.93. The van der Waals surface area contributed by atoms with E-state index in [1.54, 1.807) is 49.8 Å². The van der Waals surface area contributed by atoms with E-state index in [2.05, 4.69) is 15.3 Å². The van der Waals surface area contributed by atoms with Crippen LogP contribution >= 0.6 is 0 Å². The van der Waals surface area contributed by atoms with Crippen LogP contribution in [-0.2, 0) is 6.54 Å². The number of carbonyl (C=O) groups is 1. The molecule has 4 rings (SSSR count). The standard InChI is InChI=1S/C22H18N4O3/c1-29-20-5-3-2-4-19(20)26-14-25-18-12-16(6-7-17(18)22(26)28)21(27)24-13-15-8-10-23-11-9-15/h2-12,14H,13H2,1H3,(H,24,27). The van der Waals surface area contributed by atoms with Crippen LogP contribution < -0.4 is 15.6 Å². The maximum atomic E-state index is 12.9. The third kappa shape index (κ3) is 3.70. The van der Waals surface area contributed by atoms with Gasteiger partial charge in [0.05, 0.1) is 23.7 Å². The predicted molar refractivity (Wildman–Crippen MR) is 109 cm³/mol. The average molecular weight is 386 g/mol. The van der Waals surface area contributed by atoms with E-state index in [9.17, 15) is 9.59 Å². The molecule has 0 saturated heterocycles. The van der Waals surface area contributed by atoms with Crippen molar-refractivity contribution in [2.75, 3.05) is 7.11 Å². The van der Waals surface area contributed by atoms with Gasteiger partial charge >= 0.3 is 0 Å². The van der Waals surface area contributed by atoms with Crippen molar-refractivity contribution < 1.29 is 9.53 Å². The number of methoxy groups -OCH3 is 1. The third-order valence-electron chi connectivity index (χ3n) is 4.57.